The van der Waals surface area contributed by atoms with Gasteiger partial charge in [0.15, 0.2) is 9.84 Å². The molecule has 106 valence electrons. The van der Waals surface area contributed by atoms with Crippen LogP contribution in [0.2, 0.25) is 5.02 Å². The van der Waals surface area contributed by atoms with E-state index < -0.39 is 15.1 Å². The third kappa shape index (κ3) is 3.11. The SMILES string of the molecule is CCNC1CCOCC1S(=O)(=O)c1ccccc1Cl. The molecule has 2 atom stereocenters. The van der Waals surface area contributed by atoms with Crippen LogP contribution in [-0.2, 0) is 14.6 Å². The quantitative estimate of drug-likeness (QED) is 0.923. The van der Waals surface area contributed by atoms with Crippen molar-refractivity contribution >= 4 is 21.4 Å². The van der Waals surface area contributed by atoms with Gasteiger partial charge in [0, 0.05) is 12.6 Å². The van der Waals surface area contributed by atoms with Crippen molar-refractivity contribution in [2.75, 3.05) is 19.8 Å². The van der Waals surface area contributed by atoms with Gasteiger partial charge in [0.25, 0.3) is 0 Å². The zero-order valence-electron chi connectivity index (χ0n) is 10.8. The van der Waals surface area contributed by atoms with Gasteiger partial charge in [0.05, 0.1) is 16.5 Å². The Bertz CT molecular complexity index is 530. The Labute approximate surface area is 119 Å². The van der Waals surface area contributed by atoms with Gasteiger partial charge in [0.1, 0.15) is 5.25 Å². The summed E-state index contributed by atoms with van der Waals surface area (Å²) >= 11 is 6.01. The standard InChI is InChI=1S/C13H18ClNO3S/c1-2-15-11-7-8-18-9-13(11)19(16,17)12-6-4-3-5-10(12)14/h3-6,11,13,15H,2,7-9H2,1H3. The molecule has 1 heterocycles. The van der Waals surface area contributed by atoms with E-state index in [2.05, 4.69) is 5.32 Å². The second-order valence-electron chi connectivity index (χ2n) is 4.54. The molecule has 1 fully saturated rings. The van der Waals surface area contributed by atoms with Crippen LogP contribution in [-0.4, -0.2) is 39.5 Å². The first-order valence-corrected chi connectivity index (χ1v) is 8.29. The van der Waals surface area contributed by atoms with Crippen LogP contribution in [0.5, 0.6) is 0 Å². The third-order valence-electron chi connectivity index (χ3n) is 3.31. The van der Waals surface area contributed by atoms with Crippen molar-refractivity contribution in [2.24, 2.45) is 0 Å². The molecule has 1 aromatic rings. The zero-order chi connectivity index (χ0) is 13.9. The van der Waals surface area contributed by atoms with E-state index >= 15 is 0 Å². The molecule has 0 bridgehead atoms. The number of ether oxygens (including phenoxy) is 1. The summed E-state index contributed by atoms with van der Waals surface area (Å²) in [6.07, 6.45) is 0.697. The number of rotatable bonds is 4. The van der Waals surface area contributed by atoms with E-state index in [4.69, 9.17) is 16.3 Å². The topological polar surface area (TPSA) is 55.4 Å². The van der Waals surface area contributed by atoms with Crippen molar-refractivity contribution in [3.63, 3.8) is 0 Å². The van der Waals surface area contributed by atoms with Crippen LogP contribution in [0.3, 0.4) is 0 Å². The highest BCUT2D eigenvalue weighted by Crippen LogP contribution is 2.28. The van der Waals surface area contributed by atoms with E-state index in [-0.39, 0.29) is 22.6 Å². The van der Waals surface area contributed by atoms with Crippen molar-refractivity contribution in [1.82, 2.24) is 5.32 Å². The molecule has 1 aliphatic rings. The van der Waals surface area contributed by atoms with Gasteiger partial charge < -0.3 is 10.1 Å². The maximum absolute atomic E-state index is 12.7. The van der Waals surface area contributed by atoms with Crippen LogP contribution >= 0.6 is 11.6 Å². The minimum Gasteiger partial charge on any atom is -0.380 e. The molecule has 1 aromatic carbocycles. The molecule has 1 N–H and O–H groups in total. The fraction of sp³-hybridized carbons (Fsp3) is 0.538. The van der Waals surface area contributed by atoms with Crippen molar-refractivity contribution in [2.45, 2.75) is 29.5 Å². The van der Waals surface area contributed by atoms with Crippen LogP contribution in [0.1, 0.15) is 13.3 Å². The molecular weight excluding hydrogens is 286 g/mol. The molecule has 0 radical (unpaired) electrons. The average Bonchev–Trinajstić information content (AvgIpc) is 2.40. The third-order valence-corrected chi connectivity index (χ3v) is 5.98. The van der Waals surface area contributed by atoms with Crippen LogP contribution in [0.4, 0.5) is 0 Å². The first-order valence-electron chi connectivity index (χ1n) is 6.37. The lowest BCUT2D eigenvalue weighted by Gasteiger charge is -2.31. The molecule has 19 heavy (non-hydrogen) atoms. The van der Waals surface area contributed by atoms with Crippen molar-refractivity contribution in [1.29, 1.82) is 0 Å². The minimum atomic E-state index is -3.48. The molecular formula is C13H18ClNO3S. The molecule has 1 saturated heterocycles. The van der Waals surface area contributed by atoms with E-state index in [1.165, 1.54) is 0 Å². The number of hydrogen-bond donors (Lipinski definition) is 1. The highest BCUT2D eigenvalue weighted by Gasteiger charge is 2.37. The summed E-state index contributed by atoms with van der Waals surface area (Å²) in [7, 11) is -3.48. The maximum atomic E-state index is 12.7. The van der Waals surface area contributed by atoms with Crippen LogP contribution in [0, 0.1) is 0 Å². The summed E-state index contributed by atoms with van der Waals surface area (Å²) in [5.41, 5.74) is 0. The summed E-state index contributed by atoms with van der Waals surface area (Å²) in [5.74, 6) is 0. The summed E-state index contributed by atoms with van der Waals surface area (Å²) < 4.78 is 30.7. The first kappa shape index (κ1) is 14.8. The Kier molecular flexibility index (Phi) is 4.84. The number of hydrogen-bond acceptors (Lipinski definition) is 4. The van der Waals surface area contributed by atoms with E-state index in [1.807, 2.05) is 6.92 Å². The summed E-state index contributed by atoms with van der Waals surface area (Å²) in [6.45, 7) is 3.51. The van der Waals surface area contributed by atoms with Gasteiger partial charge in [0.2, 0.25) is 0 Å². The molecule has 0 spiro atoms. The largest absolute Gasteiger partial charge is 0.380 e. The van der Waals surface area contributed by atoms with Crippen molar-refractivity contribution < 1.29 is 13.2 Å². The number of sulfone groups is 1. The van der Waals surface area contributed by atoms with Crippen molar-refractivity contribution in [3.05, 3.63) is 29.3 Å². The lowest BCUT2D eigenvalue weighted by atomic mass is 10.1. The Morgan fingerprint density at radius 1 is 1.42 bits per heavy atom. The van der Waals surface area contributed by atoms with Gasteiger partial charge in [-0.2, -0.15) is 0 Å². The first-order chi connectivity index (χ1) is 9.07. The van der Waals surface area contributed by atoms with Gasteiger partial charge in [-0.3, -0.25) is 0 Å². The van der Waals surface area contributed by atoms with E-state index in [9.17, 15) is 8.42 Å². The lowest BCUT2D eigenvalue weighted by Crippen LogP contribution is -2.50. The number of halogens is 1. The van der Waals surface area contributed by atoms with Crippen LogP contribution < -0.4 is 5.32 Å². The minimum absolute atomic E-state index is 0.0833. The predicted octanol–water partition coefficient (Wildman–Crippen LogP) is 1.88. The number of nitrogens with one attached hydrogen (secondary N) is 1. The number of benzene rings is 1. The second kappa shape index (κ2) is 6.22. The normalized spacial score (nSPS) is 24.3. The second-order valence-corrected chi connectivity index (χ2v) is 7.08. The van der Waals surface area contributed by atoms with Crippen LogP contribution in [0.25, 0.3) is 0 Å². The van der Waals surface area contributed by atoms with E-state index in [0.29, 0.717) is 13.0 Å². The molecule has 0 amide bonds. The molecule has 2 unspecified atom stereocenters. The fourth-order valence-corrected chi connectivity index (χ4v) is 4.68. The van der Waals surface area contributed by atoms with E-state index in [1.54, 1.807) is 24.3 Å². The van der Waals surface area contributed by atoms with Gasteiger partial charge >= 0.3 is 0 Å². The molecule has 0 aromatic heterocycles. The maximum Gasteiger partial charge on any atom is 0.186 e. The molecule has 0 saturated carbocycles. The van der Waals surface area contributed by atoms with Gasteiger partial charge in [-0.05, 0) is 25.1 Å². The van der Waals surface area contributed by atoms with Gasteiger partial charge in [-0.1, -0.05) is 30.7 Å². The highest BCUT2D eigenvalue weighted by molar-refractivity contribution is 7.92. The molecule has 2 rings (SSSR count). The van der Waals surface area contributed by atoms with Gasteiger partial charge in [-0.15, -0.1) is 0 Å². The molecule has 1 aliphatic heterocycles. The Morgan fingerprint density at radius 2 is 2.16 bits per heavy atom. The zero-order valence-corrected chi connectivity index (χ0v) is 12.4. The summed E-state index contributed by atoms with van der Waals surface area (Å²) in [6, 6.07) is 6.47. The monoisotopic (exact) mass is 303 g/mol. The van der Waals surface area contributed by atoms with E-state index in [0.717, 1.165) is 6.54 Å². The molecule has 6 heteroatoms. The Balaban J connectivity index is 2.35. The van der Waals surface area contributed by atoms with Crippen molar-refractivity contribution in [3.8, 4) is 0 Å². The molecule has 0 aliphatic carbocycles. The Hall–Kier alpha value is -0.620. The summed E-state index contributed by atoms with van der Waals surface area (Å²) in [5, 5.41) is 2.91. The smallest absolute Gasteiger partial charge is 0.186 e. The fourth-order valence-electron chi connectivity index (χ4n) is 2.35. The lowest BCUT2D eigenvalue weighted by molar-refractivity contribution is 0.0812. The van der Waals surface area contributed by atoms with Gasteiger partial charge in [-0.25, -0.2) is 8.42 Å². The molecule has 4 nitrogen and oxygen atoms in total. The average molecular weight is 304 g/mol. The predicted molar refractivity (Wildman–Crippen MR) is 75.3 cm³/mol. The van der Waals surface area contributed by atoms with Crippen LogP contribution in [0.15, 0.2) is 29.2 Å². The summed E-state index contributed by atoms with van der Waals surface area (Å²) in [4.78, 5) is 0.190. The highest BCUT2D eigenvalue weighted by atomic mass is 35.5. The Morgan fingerprint density at radius 3 is 2.84 bits per heavy atom.